The fraction of sp³-hybridized carbons (Fsp3) is 0.0833. The van der Waals surface area contributed by atoms with Gasteiger partial charge in [0.15, 0.2) is 0 Å². The smallest absolute Gasteiger partial charge is 0.238 e. The molecule has 17 heavy (non-hydrogen) atoms. The molecule has 1 N–H and O–H groups in total. The molecule has 1 amide bonds. The molecule has 1 heterocycles. The number of fused-ring (bicyclic) bond motifs is 1. The van der Waals surface area contributed by atoms with Crippen LogP contribution in [-0.2, 0) is 4.79 Å². The van der Waals surface area contributed by atoms with Crippen LogP contribution in [0.15, 0.2) is 30.5 Å². The number of nitriles is 1. The van der Waals surface area contributed by atoms with Gasteiger partial charge in [-0.1, -0.05) is 0 Å². The van der Waals surface area contributed by atoms with Gasteiger partial charge in [0.05, 0.1) is 17.8 Å². The van der Waals surface area contributed by atoms with Crippen molar-refractivity contribution in [2.45, 2.75) is 6.42 Å². The Bertz CT molecular complexity index is 619. The van der Waals surface area contributed by atoms with Gasteiger partial charge < -0.3 is 5.32 Å². The third-order valence-electron chi connectivity index (χ3n) is 2.17. The highest BCUT2D eigenvalue weighted by molar-refractivity contribution is 5.94. The Morgan fingerprint density at radius 2 is 2.29 bits per heavy atom. The summed E-state index contributed by atoms with van der Waals surface area (Å²) >= 11 is 0. The molecule has 0 aliphatic rings. The minimum Gasteiger partial charge on any atom is -0.325 e. The molecule has 0 aliphatic heterocycles. The molecule has 0 atom stereocenters. The Morgan fingerprint density at radius 3 is 3.06 bits per heavy atom. The fourth-order valence-electron chi connectivity index (χ4n) is 1.46. The highest BCUT2D eigenvalue weighted by Crippen LogP contribution is 2.18. The number of pyridine rings is 1. The van der Waals surface area contributed by atoms with E-state index in [4.69, 9.17) is 5.26 Å². The van der Waals surface area contributed by atoms with E-state index in [0.29, 0.717) is 16.6 Å². The van der Waals surface area contributed by atoms with E-state index in [0.717, 1.165) is 6.20 Å². The first-order valence-corrected chi connectivity index (χ1v) is 4.91. The van der Waals surface area contributed by atoms with Gasteiger partial charge in [-0.05, 0) is 24.3 Å². The van der Waals surface area contributed by atoms with Crippen LogP contribution in [0.2, 0.25) is 0 Å². The normalized spacial score (nSPS) is 9.88. The van der Waals surface area contributed by atoms with Crippen LogP contribution < -0.4 is 5.32 Å². The summed E-state index contributed by atoms with van der Waals surface area (Å²) in [6, 6.07) is 8.03. The number of aromatic nitrogens is 1. The summed E-state index contributed by atoms with van der Waals surface area (Å²) in [6.07, 6.45) is 0.926. The van der Waals surface area contributed by atoms with Crippen LogP contribution in [0.1, 0.15) is 6.42 Å². The second-order valence-corrected chi connectivity index (χ2v) is 3.44. The van der Waals surface area contributed by atoms with Gasteiger partial charge >= 0.3 is 0 Å². The van der Waals surface area contributed by atoms with Crippen LogP contribution in [0, 0.1) is 17.1 Å². The van der Waals surface area contributed by atoms with Crippen LogP contribution in [0.5, 0.6) is 0 Å². The monoisotopic (exact) mass is 229 g/mol. The number of anilines is 1. The maximum atomic E-state index is 13.0. The molecule has 0 saturated heterocycles. The summed E-state index contributed by atoms with van der Waals surface area (Å²) in [5.41, 5.74) is 1.16. The third kappa shape index (κ3) is 2.55. The van der Waals surface area contributed by atoms with E-state index in [9.17, 15) is 9.18 Å². The number of hydrogen-bond donors (Lipinski definition) is 1. The van der Waals surface area contributed by atoms with Crippen LogP contribution in [0.25, 0.3) is 10.9 Å². The van der Waals surface area contributed by atoms with Gasteiger partial charge in [-0.15, -0.1) is 0 Å². The van der Waals surface area contributed by atoms with Crippen molar-refractivity contribution < 1.29 is 9.18 Å². The molecule has 0 unspecified atom stereocenters. The number of hydrogen-bond acceptors (Lipinski definition) is 3. The molecule has 0 saturated carbocycles. The zero-order valence-electron chi connectivity index (χ0n) is 8.77. The molecule has 0 spiro atoms. The van der Waals surface area contributed by atoms with Gasteiger partial charge in [-0.25, -0.2) is 4.39 Å². The van der Waals surface area contributed by atoms with Gasteiger partial charge in [-0.3, -0.25) is 9.78 Å². The Morgan fingerprint density at radius 1 is 1.47 bits per heavy atom. The first-order chi connectivity index (χ1) is 8.19. The average Bonchev–Trinajstić information content (AvgIpc) is 2.28. The van der Waals surface area contributed by atoms with Crippen LogP contribution in [0.3, 0.4) is 0 Å². The molecule has 84 valence electrons. The van der Waals surface area contributed by atoms with Crippen molar-refractivity contribution in [2.24, 2.45) is 0 Å². The van der Waals surface area contributed by atoms with Gasteiger partial charge in [-0.2, -0.15) is 5.26 Å². The van der Waals surface area contributed by atoms with Crippen molar-refractivity contribution >= 4 is 22.5 Å². The largest absolute Gasteiger partial charge is 0.325 e. The van der Waals surface area contributed by atoms with Crippen molar-refractivity contribution in [3.05, 3.63) is 36.3 Å². The van der Waals surface area contributed by atoms with Crippen molar-refractivity contribution in [3.63, 3.8) is 0 Å². The van der Waals surface area contributed by atoms with E-state index in [1.807, 2.05) is 0 Å². The molecule has 2 aromatic rings. The minimum absolute atomic E-state index is 0.209. The van der Waals surface area contributed by atoms with Gasteiger partial charge in [0.25, 0.3) is 0 Å². The predicted octanol–water partition coefficient (Wildman–Crippen LogP) is 2.23. The zero-order chi connectivity index (χ0) is 12.3. The topological polar surface area (TPSA) is 65.8 Å². The van der Waals surface area contributed by atoms with E-state index in [1.54, 1.807) is 24.3 Å². The first kappa shape index (κ1) is 11.0. The summed E-state index contributed by atoms with van der Waals surface area (Å²) in [6.45, 7) is 0. The molecule has 1 aromatic heterocycles. The van der Waals surface area contributed by atoms with E-state index in [2.05, 4.69) is 10.3 Å². The number of rotatable bonds is 2. The predicted molar refractivity (Wildman–Crippen MR) is 60.6 cm³/mol. The number of carbonyl (C=O) groups excluding carboxylic acids is 1. The molecule has 0 aliphatic carbocycles. The summed E-state index contributed by atoms with van der Waals surface area (Å²) in [4.78, 5) is 15.1. The Balaban J connectivity index is 2.31. The second-order valence-electron chi connectivity index (χ2n) is 3.44. The SMILES string of the molecule is N#CCC(=O)Nc1ccc2ncc(F)cc2c1. The first-order valence-electron chi connectivity index (χ1n) is 4.91. The van der Waals surface area contributed by atoms with Crippen molar-refractivity contribution in [2.75, 3.05) is 5.32 Å². The van der Waals surface area contributed by atoms with Crippen LogP contribution in [0.4, 0.5) is 10.1 Å². The van der Waals surface area contributed by atoms with E-state index >= 15 is 0 Å². The Hall–Kier alpha value is -2.48. The number of benzene rings is 1. The molecule has 4 nitrogen and oxygen atoms in total. The van der Waals surface area contributed by atoms with Crippen LogP contribution >= 0.6 is 0 Å². The molecule has 5 heteroatoms. The lowest BCUT2D eigenvalue weighted by atomic mass is 10.2. The van der Waals surface area contributed by atoms with Crippen molar-refractivity contribution in [1.82, 2.24) is 4.98 Å². The fourth-order valence-corrected chi connectivity index (χ4v) is 1.46. The Kier molecular flexibility index (Phi) is 2.97. The molecule has 2 rings (SSSR count). The van der Waals surface area contributed by atoms with E-state index < -0.39 is 11.7 Å². The van der Waals surface area contributed by atoms with E-state index in [1.165, 1.54) is 6.07 Å². The number of nitrogens with zero attached hydrogens (tertiary/aromatic N) is 2. The van der Waals surface area contributed by atoms with E-state index in [-0.39, 0.29) is 6.42 Å². The van der Waals surface area contributed by atoms with Gasteiger partial charge in [0, 0.05) is 11.1 Å². The summed E-state index contributed by atoms with van der Waals surface area (Å²) in [5.74, 6) is -0.825. The zero-order valence-corrected chi connectivity index (χ0v) is 8.77. The van der Waals surface area contributed by atoms with Crippen LogP contribution in [-0.4, -0.2) is 10.9 Å². The summed E-state index contributed by atoms with van der Waals surface area (Å²) < 4.78 is 13.0. The van der Waals surface area contributed by atoms with Gasteiger partial charge in [0.2, 0.25) is 5.91 Å². The maximum absolute atomic E-state index is 13.0. The van der Waals surface area contributed by atoms with Crippen molar-refractivity contribution in [3.8, 4) is 6.07 Å². The Labute approximate surface area is 96.7 Å². The molecule has 0 radical (unpaired) electrons. The average molecular weight is 229 g/mol. The van der Waals surface area contributed by atoms with Gasteiger partial charge in [0.1, 0.15) is 12.2 Å². The molecule has 0 fully saturated rings. The number of halogens is 1. The molecule has 0 bridgehead atoms. The standard InChI is InChI=1S/C12H8FN3O/c13-9-5-8-6-10(16-12(17)3-4-14)1-2-11(8)15-7-9/h1-2,5-7H,3H2,(H,16,17). The molecule has 1 aromatic carbocycles. The molecular weight excluding hydrogens is 221 g/mol. The lowest BCUT2D eigenvalue weighted by molar-refractivity contribution is -0.115. The highest BCUT2D eigenvalue weighted by atomic mass is 19.1. The second kappa shape index (κ2) is 4.58. The minimum atomic E-state index is -0.432. The summed E-state index contributed by atoms with van der Waals surface area (Å²) in [5, 5.41) is 11.5. The lowest BCUT2D eigenvalue weighted by Crippen LogP contribution is -2.09. The number of carbonyl (C=O) groups is 1. The third-order valence-corrected chi connectivity index (χ3v) is 2.17. The lowest BCUT2D eigenvalue weighted by Gasteiger charge is -2.04. The molecular formula is C12H8FN3O. The number of nitrogens with one attached hydrogen (secondary N) is 1. The highest BCUT2D eigenvalue weighted by Gasteiger charge is 2.03. The summed E-state index contributed by atoms with van der Waals surface area (Å²) in [7, 11) is 0. The number of amides is 1. The maximum Gasteiger partial charge on any atom is 0.238 e. The quantitative estimate of drug-likeness (QED) is 0.858. The van der Waals surface area contributed by atoms with Crippen molar-refractivity contribution in [1.29, 1.82) is 5.26 Å².